The first-order chi connectivity index (χ1) is 17.1. The molecule has 1 saturated carbocycles. The summed E-state index contributed by atoms with van der Waals surface area (Å²) in [5.74, 6) is 0.579. The number of fused-ring (bicyclic) bond motifs is 3. The predicted octanol–water partition coefficient (Wildman–Crippen LogP) is 4.32. The van der Waals surface area contributed by atoms with Gasteiger partial charge in [-0.1, -0.05) is 43.2 Å². The molecule has 0 bridgehead atoms. The highest BCUT2D eigenvalue weighted by Crippen LogP contribution is 2.38. The highest BCUT2D eigenvalue weighted by atomic mass is 16.5. The predicted molar refractivity (Wildman–Crippen MR) is 133 cm³/mol. The molecule has 0 saturated heterocycles. The lowest BCUT2D eigenvalue weighted by atomic mass is 9.90. The van der Waals surface area contributed by atoms with E-state index in [0.29, 0.717) is 17.7 Å². The Hall–Kier alpha value is -3.71. The van der Waals surface area contributed by atoms with Crippen LogP contribution in [-0.4, -0.2) is 49.6 Å². The highest BCUT2D eigenvalue weighted by molar-refractivity contribution is 6.06. The average molecular weight is 469 g/mol. The van der Waals surface area contributed by atoms with Crippen molar-refractivity contribution in [3.63, 3.8) is 0 Å². The third-order valence-electron chi connectivity index (χ3n) is 7.23. The maximum absolute atomic E-state index is 13.6. The molecule has 0 spiro atoms. The number of rotatable bonds is 4. The van der Waals surface area contributed by atoms with Gasteiger partial charge in [0.05, 0.1) is 29.6 Å². The molecular formula is C28H28N4O3. The molecule has 3 heterocycles. The number of pyridine rings is 1. The van der Waals surface area contributed by atoms with Crippen LogP contribution in [0.15, 0.2) is 61.1 Å². The molecule has 4 aromatic rings. The van der Waals surface area contributed by atoms with Crippen LogP contribution in [0.3, 0.4) is 0 Å². The highest BCUT2D eigenvalue weighted by Gasteiger charge is 2.37. The molecule has 1 aliphatic carbocycles. The van der Waals surface area contributed by atoms with Gasteiger partial charge in [0.25, 0.3) is 5.91 Å². The van der Waals surface area contributed by atoms with Crippen molar-refractivity contribution in [3.05, 3.63) is 77.7 Å². The first kappa shape index (κ1) is 21.8. The normalized spacial score (nSPS) is 20.1. The molecule has 2 aliphatic rings. The van der Waals surface area contributed by atoms with Crippen molar-refractivity contribution in [2.75, 3.05) is 6.73 Å². The number of hydrogen-bond acceptors (Lipinski definition) is 5. The Bertz CT molecular complexity index is 1400. The lowest BCUT2D eigenvalue weighted by Crippen LogP contribution is -2.51. The van der Waals surface area contributed by atoms with Crippen molar-refractivity contribution in [2.45, 2.75) is 44.2 Å². The van der Waals surface area contributed by atoms with E-state index in [0.717, 1.165) is 58.8 Å². The fourth-order valence-corrected chi connectivity index (χ4v) is 5.41. The van der Waals surface area contributed by atoms with Crippen LogP contribution in [0.1, 0.15) is 47.2 Å². The van der Waals surface area contributed by atoms with E-state index in [-0.39, 0.29) is 18.7 Å². The summed E-state index contributed by atoms with van der Waals surface area (Å²) in [6.45, 7) is 0.177. The molecule has 178 valence electrons. The van der Waals surface area contributed by atoms with Crippen molar-refractivity contribution in [2.24, 2.45) is 7.05 Å². The number of aliphatic hydroxyl groups excluding tert-OH is 1. The molecule has 1 amide bonds. The van der Waals surface area contributed by atoms with Crippen LogP contribution in [0.25, 0.3) is 22.0 Å². The number of carbonyl (C=O) groups excluding carboxylic acids is 1. The zero-order valence-electron chi connectivity index (χ0n) is 19.7. The minimum Gasteiger partial charge on any atom is -0.472 e. The second kappa shape index (κ2) is 8.82. The summed E-state index contributed by atoms with van der Waals surface area (Å²) in [4.78, 5) is 20.0. The number of ether oxygens (including phenoxy) is 1. The minimum absolute atomic E-state index is 0.0609. The smallest absolute Gasteiger partial charge is 0.260 e. The summed E-state index contributed by atoms with van der Waals surface area (Å²) < 4.78 is 7.93. The number of hydrogen-bond donors (Lipinski definition) is 1. The third-order valence-corrected chi connectivity index (χ3v) is 7.23. The lowest BCUT2D eigenvalue weighted by Gasteiger charge is -2.40. The molecule has 2 atom stereocenters. The lowest BCUT2D eigenvalue weighted by molar-refractivity contribution is -0.0120. The number of aromatic nitrogens is 3. The van der Waals surface area contributed by atoms with E-state index in [4.69, 9.17) is 4.74 Å². The van der Waals surface area contributed by atoms with E-state index >= 15 is 0 Å². The van der Waals surface area contributed by atoms with Crippen LogP contribution in [-0.2, 0) is 13.5 Å². The Balaban J connectivity index is 1.35. The average Bonchev–Trinajstić information content (AvgIpc) is 3.32. The molecule has 7 heteroatoms. The summed E-state index contributed by atoms with van der Waals surface area (Å²) in [5.41, 5.74) is 4.54. The van der Waals surface area contributed by atoms with E-state index in [2.05, 4.69) is 22.2 Å². The number of aliphatic hydroxyl groups is 1. The molecule has 7 nitrogen and oxygen atoms in total. The second-order valence-electron chi connectivity index (χ2n) is 9.56. The zero-order chi connectivity index (χ0) is 23.9. The molecule has 1 N–H and O–H groups in total. The summed E-state index contributed by atoms with van der Waals surface area (Å²) >= 11 is 0. The van der Waals surface area contributed by atoms with E-state index < -0.39 is 6.10 Å². The van der Waals surface area contributed by atoms with Crippen molar-refractivity contribution >= 4 is 16.7 Å². The monoisotopic (exact) mass is 468 g/mol. The number of benzene rings is 2. The largest absolute Gasteiger partial charge is 0.472 e. The van der Waals surface area contributed by atoms with E-state index in [1.165, 1.54) is 0 Å². The second-order valence-corrected chi connectivity index (χ2v) is 9.56. The number of aryl methyl sites for hydroxylation is 1. The van der Waals surface area contributed by atoms with Gasteiger partial charge in [0, 0.05) is 30.4 Å². The SMILES string of the molecule is Cn1cc(-c2ccc(Cc3cc4c(c5ccccc35)OCN([C@H]3CCCC[C@@H]3O)C4=O)cn2)cn1. The van der Waals surface area contributed by atoms with E-state index in [1.807, 2.05) is 49.8 Å². The Morgan fingerprint density at radius 1 is 1.09 bits per heavy atom. The Morgan fingerprint density at radius 2 is 1.91 bits per heavy atom. The first-order valence-electron chi connectivity index (χ1n) is 12.2. The van der Waals surface area contributed by atoms with Crippen LogP contribution < -0.4 is 4.74 Å². The van der Waals surface area contributed by atoms with Crippen molar-refractivity contribution < 1.29 is 14.6 Å². The van der Waals surface area contributed by atoms with Gasteiger partial charge in [0.15, 0.2) is 6.73 Å². The van der Waals surface area contributed by atoms with Crippen LogP contribution in [0.5, 0.6) is 5.75 Å². The fraction of sp³-hybridized carbons (Fsp3) is 0.321. The molecule has 0 unspecified atom stereocenters. The van der Waals surface area contributed by atoms with Crippen molar-refractivity contribution in [3.8, 4) is 17.0 Å². The molecule has 1 fully saturated rings. The molecule has 2 aromatic carbocycles. The molecule has 0 radical (unpaired) electrons. The third kappa shape index (κ3) is 3.96. The number of amides is 1. The van der Waals surface area contributed by atoms with Crippen molar-refractivity contribution in [1.29, 1.82) is 0 Å². The van der Waals surface area contributed by atoms with Gasteiger partial charge in [-0.05, 0) is 47.9 Å². The summed E-state index contributed by atoms with van der Waals surface area (Å²) in [6.07, 6.45) is 9.34. The van der Waals surface area contributed by atoms with Gasteiger partial charge < -0.3 is 9.84 Å². The Labute approximate surface area is 204 Å². The Morgan fingerprint density at radius 3 is 2.66 bits per heavy atom. The van der Waals surface area contributed by atoms with Gasteiger partial charge in [-0.3, -0.25) is 19.4 Å². The quantitative estimate of drug-likeness (QED) is 0.482. The molecular weight excluding hydrogens is 440 g/mol. The fourth-order valence-electron chi connectivity index (χ4n) is 5.41. The number of carbonyl (C=O) groups is 1. The van der Waals surface area contributed by atoms with E-state index in [9.17, 15) is 9.90 Å². The molecule has 35 heavy (non-hydrogen) atoms. The van der Waals surface area contributed by atoms with Gasteiger partial charge in [-0.15, -0.1) is 0 Å². The van der Waals surface area contributed by atoms with Gasteiger partial charge in [-0.25, -0.2) is 0 Å². The molecule has 6 rings (SSSR count). The maximum atomic E-state index is 13.6. The van der Waals surface area contributed by atoms with Gasteiger partial charge >= 0.3 is 0 Å². The Kier molecular flexibility index (Phi) is 5.49. The van der Waals surface area contributed by atoms with Gasteiger partial charge in [-0.2, -0.15) is 5.10 Å². The van der Waals surface area contributed by atoms with Crippen LogP contribution in [0, 0.1) is 0 Å². The van der Waals surface area contributed by atoms with Gasteiger partial charge in [0.2, 0.25) is 0 Å². The standard InChI is InChI=1S/C28H28N4O3/c1-31-16-20(15-30-31)24-11-10-18(14-29-24)12-19-13-23-27(22-7-3-2-6-21(19)22)35-17-32(28(23)34)25-8-4-5-9-26(25)33/h2-3,6-7,10-11,13-16,25-26,33H,4-5,8-9,12,17H2,1H3/t25-,26-/m0/s1. The maximum Gasteiger partial charge on any atom is 0.260 e. The molecule has 2 aromatic heterocycles. The van der Waals surface area contributed by atoms with Crippen molar-refractivity contribution in [1.82, 2.24) is 19.7 Å². The van der Waals surface area contributed by atoms with Crippen LogP contribution in [0.4, 0.5) is 0 Å². The van der Waals surface area contributed by atoms with Crippen LogP contribution in [0.2, 0.25) is 0 Å². The number of nitrogens with zero attached hydrogens (tertiary/aromatic N) is 4. The van der Waals surface area contributed by atoms with Crippen LogP contribution >= 0.6 is 0 Å². The van der Waals surface area contributed by atoms with Gasteiger partial charge in [0.1, 0.15) is 5.75 Å². The summed E-state index contributed by atoms with van der Waals surface area (Å²) in [5, 5.41) is 16.8. The molecule has 1 aliphatic heterocycles. The zero-order valence-corrected chi connectivity index (χ0v) is 19.7. The first-order valence-corrected chi connectivity index (χ1v) is 12.2. The summed E-state index contributed by atoms with van der Waals surface area (Å²) in [7, 11) is 1.89. The topological polar surface area (TPSA) is 80.5 Å². The minimum atomic E-state index is -0.498. The summed E-state index contributed by atoms with van der Waals surface area (Å²) in [6, 6.07) is 13.9. The van der Waals surface area contributed by atoms with E-state index in [1.54, 1.807) is 15.8 Å².